The van der Waals surface area contributed by atoms with Crippen molar-refractivity contribution in [2.45, 2.75) is 11.8 Å². The van der Waals surface area contributed by atoms with E-state index in [1.807, 2.05) is 0 Å². The average Bonchev–Trinajstić information content (AvgIpc) is 2.20. The normalized spacial score (nSPS) is 11.1. The molecule has 8 heteroatoms. The Morgan fingerprint density at radius 2 is 2.06 bits per heavy atom. The zero-order valence-electron chi connectivity index (χ0n) is 9.04. The molecule has 0 amide bonds. The Morgan fingerprint density at radius 1 is 1.47 bits per heavy atom. The second-order valence-electron chi connectivity index (χ2n) is 3.22. The molecule has 0 aromatic heterocycles. The molecule has 98 valence electrons. The van der Waals surface area contributed by atoms with Crippen LogP contribution in [-0.2, 0) is 10.0 Å². The van der Waals surface area contributed by atoms with Crippen molar-refractivity contribution in [2.24, 2.45) is 5.73 Å². The molecule has 0 unspecified atom stereocenters. The molecule has 0 bridgehead atoms. The molecule has 1 aromatic carbocycles. The lowest BCUT2D eigenvalue weighted by Gasteiger charge is -2.08. The van der Waals surface area contributed by atoms with Gasteiger partial charge in [0.15, 0.2) is 0 Å². The molecule has 0 saturated heterocycles. The van der Waals surface area contributed by atoms with Crippen LogP contribution >= 0.6 is 24.0 Å². The van der Waals surface area contributed by atoms with Gasteiger partial charge in [0.2, 0.25) is 10.0 Å². The maximum Gasteiger partial charge on any atom is 0.242 e. The minimum atomic E-state index is -3.72. The lowest BCUT2D eigenvalue weighted by atomic mass is 10.2. The van der Waals surface area contributed by atoms with Crippen molar-refractivity contribution >= 4 is 34.0 Å². The van der Waals surface area contributed by atoms with Crippen LogP contribution in [0.3, 0.4) is 0 Å². The fourth-order valence-electron chi connectivity index (χ4n) is 1.11. The van der Waals surface area contributed by atoms with E-state index in [2.05, 4.69) is 4.72 Å². The monoisotopic (exact) mass is 302 g/mol. The van der Waals surface area contributed by atoms with Gasteiger partial charge in [-0.15, -0.1) is 12.4 Å². The molecule has 3 N–H and O–H groups in total. The highest BCUT2D eigenvalue weighted by molar-refractivity contribution is 7.89. The predicted octanol–water partition coefficient (Wildman–Crippen LogP) is 1.45. The Hall–Kier alpha value is -0.400. The molecular weight excluding hydrogens is 290 g/mol. The number of hydrogen-bond donors (Lipinski definition) is 2. The van der Waals surface area contributed by atoms with Crippen molar-refractivity contribution in [1.82, 2.24) is 4.72 Å². The molecule has 0 atom stereocenters. The van der Waals surface area contributed by atoms with Crippen molar-refractivity contribution in [3.05, 3.63) is 28.5 Å². The second-order valence-corrected chi connectivity index (χ2v) is 5.36. The Balaban J connectivity index is 0.00000256. The maximum absolute atomic E-state index is 13.1. The maximum atomic E-state index is 13.1. The summed E-state index contributed by atoms with van der Waals surface area (Å²) in [7, 11) is -3.72. The van der Waals surface area contributed by atoms with E-state index < -0.39 is 15.8 Å². The summed E-state index contributed by atoms with van der Waals surface area (Å²) in [5, 5.41) is -0.146. The topological polar surface area (TPSA) is 72.2 Å². The number of benzene rings is 1. The smallest absolute Gasteiger partial charge is 0.242 e. The summed E-state index contributed by atoms with van der Waals surface area (Å²) in [6.45, 7) is 1.75. The lowest BCUT2D eigenvalue weighted by Crippen LogP contribution is -2.29. The third-order valence-electron chi connectivity index (χ3n) is 1.94. The predicted molar refractivity (Wildman–Crippen MR) is 67.6 cm³/mol. The summed E-state index contributed by atoms with van der Waals surface area (Å²) in [6, 6.07) is 2.17. The molecule has 0 saturated carbocycles. The van der Waals surface area contributed by atoms with E-state index in [9.17, 15) is 12.8 Å². The number of nitrogens with two attached hydrogens (primary N) is 1. The molecule has 0 aliphatic heterocycles. The second kappa shape index (κ2) is 6.51. The van der Waals surface area contributed by atoms with Crippen LogP contribution in [0.1, 0.15) is 5.56 Å². The number of nitrogens with one attached hydrogen (secondary N) is 1. The Morgan fingerprint density at radius 3 is 2.59 bits per heavy atom. The SMILES string of the molecule is Cc1cc(S(=O)(=O)NCCN)c(Cl)cc1F.Cl. The first-order valence-electron chi connectivity index (χ1n) is 4.54. The van der Waals surface area contributed by atoms with Crippen molar-refractivity contribution in [3.63, 3.8) is 0 Å². The van der Waals surface area contributed by atoms with Crippen LogP contribution in [0.5, 0.6) is 0 Å². The van der Waals surface area contributed by atoms with Gasteiger partial charge in [-0.3, -0.25) is 0 Å². The van der Waals surface area contributed by atoms with Gasteiger partial charge in [0.05, 0.1) is 5.02 Å². The van der Waals surface area contributed by atoms with Crippen LogP contribution in [-0.4, -0.2) is 21.5 Å². The quantitative estimate of drug-likeness (QED) is 0.884. The van der Waals surface area contributed by atoms with Gasteiger partial charge >= 0.3 is 0 Å². The van der Waals surface area contributed by atoms with E-state index >= 15 is 0 Å². The van der Waals surface area contributed by atoms with Gasteiger partial charge in [0.1, 0.15) is 10.7 Å². The minimum absolute atomic E-state index is 0. The van der Waals surface area contributed by atoms with Crippen LogP contribution in [0, 0.1) is 12.7 Å². The molecule has 1 aromatic rings. The highest BCUT2D eigenvalue weighted by Crippen LogP contribution is 2.24. The van der Waals surface area contributed by atoms with Crippen LogP contribution in [0.4, 0.5) is 4.39 Å². The van der Waals surface area contributed by atoms with Gasteiger partial charge in [-0.25, -0.2) is 17.5 Å². The molecule has 4 nitrogen and oxygen atoms in total. The van der Waals surface area contributed by atoms with Gasteiger partial charge in [0, 0.05) is 13.1 Å². The molecule has 0 aliphatic rings. The number of halogens is 3. The highest BCUT2D eigenvalue weighted by atomic mass is 35.5. The van der Waals surface area contributed by atoms with Crippen molar-refractivity contribution in [1.29, 1.82) is 0 Å². The first-order valence-corrected chi connectivity index (χ1v) is 6.40. The van der Waals surface area contributed by atoms with E-state index in [1.54, 1.807) is 0 Å². The molecule has 17 heavy (non-hydrogen) atoms. The van der Waals surface area contributed by atoms with Crippen molar-refractivity contribution < 1.29 is 12.8 Å². The van der Waals surface area contributed by atoms with E-state index in [0.717, 1.165) is 6.07 Å². The van der Waals surface area contributed by atoms with E-state index in [4.69, 9.17) is 17.3 Å². The number of hydrogen-bond acceptors (Lipinski definition) is 3. The summed E-state index contributed by atoms with van der Waals surface area (Å²) >= 11 is 5.67. The largest absolute Gasteiger partial charge is 0.329 e. The molecule has 0 radical (unpaired) electrons. The van der Waals surface area contributed by atoms with Crippen molar-refractivity contribution in [2.75, 3.05) is 13.1 Å². The number of aryl methyl sites for hydroxylation is 1. The van der Waals surface area contributed by atoms with Gasteiger partial charge in [-0.2, -0.15) is 0 Å². The third kappa shape index (κ3) is 4.08. The molecule has 0 heterocycles. The van der Waals surface area contributed by atoms with E-state index in [0.29, 0.717) is 0 Å². The summed E-state index contributed by atoms with van der Waals surface area (Å²) in [5.74, 6) is -0.539. The first-order chi connectivity index (χ1) is 7.38. The zero-order chi connectivity index (χ0) is 12.3. The standard InChI is InChI=1S/C9H12ClFN2O2S.ClH/c1-6-4-9(7(10)5-8(6)11)16(14,15)13-3-2-12;/h4-5,13H,2-3,12H2,1H3;1H. The van der Waals surface area contributed by atoms with Crippen LogP contribution < -0.4 is 10.5 Å². The first kappa shape index (κ1) is 16.6. The zero-order valence-corrected chi connectivity index (χ0v) is 11.4. The summed E-state index contributed by atoms with van der Waals surface area (Å²) in [6.07, 6.45) is 0. The van der Waals surface area contributed by atoms with Crippen LogP contribution in [0.25, 0.3) is 0 Å². The number of rotatable bonds is 4. The number of sulfonamides is 1. The molecule has 0 spiro atoms. The lowest BCUT2D eigenvalue weighted by molar-refractivity contribution is 0.580. The van der Waals surface area contributed by atoms with Crippen LogP contribution in [0.2, 0.25) is 5.02 Å². The summed E-state index contributed by atoms with van der Waals surface area (Å²) in [4.78, 5) is -0.137. The Kier molecular flexibility index (Phi) is 6.36. The van der Waals surface area contributed by atoms with Gasteiger partial charge in [-0.05, 0) is 24.6 Å². The summed E-state index contributed by atoms with van der Waals surface area (Å²) in [5.41, 5.74) is 5.41. The molecule has 0 aliphatic carbocycles. The van der Waals surface area contributed by atoms with Gasteiger partial charge in [-0.1, -0.05) is 11.6 Å². The van der Waals surface area contributed by atoms with Crippen molar-refractivity contribution in [3.8, 4) is 0 Å². The summed E-state index contributed by atoms with van der Waals surface area (Å²) < 4.78 is 38.7. The molecule has 0 fully saturated rings. The van der Waals surface area contributed by atoms with Gasteiger partial charge in [0.25, 0.3) is 0 Å². The Labute approximate surface area is 111 Å². The fraction of sp³-hybridized carbons (Fsp3) is 0.333. The fourth-order valence-corrected chi connectivity index (χ4v) is 2.75. The van der Waals surface area contributed by atoms with E-state index in [-0.39, 0.29) is 41.0 Å². The Bertz CT molecular complexity index is 494. The van der Waals surface area contributed by atoms with E-state index in [1.165, 1.54) is 13.0 Å². The molecular formula is C9H13Cl2FN2O2S. The highest BCUT2D eigenvalue weighted by Gasteiger charge is 2.18. The van der Waals surface area contributed by atoms with Crippen LogP contribution in [0.15, 0.2) is 17.0 Å². The van der Waals surface area contributed by atoms with Gasteiger partial charge < -0.3 is 5.73 Å². The minimum Gasteiger partial charge on any atom is -0.329 e. The average molecular weight is 303 g/mol. The molecule has 1 rings (SSSR count). The third-order valence-corrected chi connectivity index (χ3v) is 3.86.